The molecule has 16 heavy (non-hydrogen) atoms. The van der Waals surface area contributed by atoms with E-state index in [1.54, 1.807) is 0 Å². The van der Waals surface area contributed by atoms with Crippen LogP contribution in [0.3, 0.4) is 0 Å². The Balaban J connectivity index is 3.03. The van der Waals surface area contributed by atoms with Crippen molar-refractivity contribution in [3.8, 4) is 0 Å². The van der Waals surface area contributed by atoms with E-state index in [1.807, 2.05) is 13.8 Å². The zero-order valence-electron chi connectivity index (χ0n) is 9.49. The van der Waals surface area contributed by atoms with Crippen LogP contribution in [0.2, 0.25) is 0 Å². The van der Waals surface area contributed by atoms with Gasteiger partial charge in [-0.05, 0) is 19.0 Å². The summed E-state index contributed by atoms with van der Waals surface area (Å²) in [5.74, 6) is -2.85. The molecule has 0 bridgehead atoms. The summed E-state index contributed by atoms with van der Waals surface area (Å²) >= 11 is 0. The highest BCUT2D eigenvalue weighted by atomic mass is 19.2. The highest BCUT2D eigenvalue weighted by Crippen LogP contribution is 2.23. The summed E-state index contributed by atoms with van der Waals surface area (Å²) in [6.45, 7) is 4.51. The Morgan fingerprint density at radius 1 is 1.06 bits per heavy atom. The third kappa shape index (κ3) is 2.98. The summed E-state index contributed by atoms with van der Waals surface area (Å²) in [6.07, 6.45) is 1.53. The molecule has 0 heterocycles. The number of rotatable bonds is 5. The van der Waals surface area contributed by atoms with Gasteiger partial charge in [-0.1, -0.05) is 20.3 Å². The topological polar surface area (TPSA) is 12.0 Å². The van der Waals surface area contributed by atoms with E-state index in [4.69, 9.17) is 0 Å². The smallest absolute Gasteiger partial charge is 0.161 e. The van der Waals surface area contributed by atoms with Gasteiger partial charge >= 0.3 is 0 Å². The first kappa shape index (κ1) is 13.0. The molecule has 0 amide bonds. The molecular formula is C12H16F3N. The van der Waals surface area contributed by atoms with Crippen LogP contribution in [0.1, 0.15) is 38.3 Å². The van der Waals surface area contributed by atoms with Crippen molar-refractivity contribution in [3.05, 3.63) is 35.1 Å². The van der Waals surface area contributed by atoms with Crippen molar-refractivity contribution < 1.29 is 13.2 Å². The molecule has 1 nitrogen and oxygen atoms in total. The van der Waals surface area contributed by atoms with Crippen LogP contribution in [0.15, 0.2) is 12.1 Å². The van der Waals surface area contributed by atoms with Crippen LogP contribution in [0.5, 0.6) is 0 Å². The van der Waals surface area contributed by atoms with Gasteiger partial charge in [0.25, 0.3) is 0 Å². The van der Waals surface area contributed by atoms with Crippen LogP contribution in [0.25, 0.3) is 0 Å². The number of nitrogens with one attached hydrogen (secondary N) is 1. The van der Waals surface area contributed by atoms with Crippen LogP contribution in [0, 0.1) is 17.5 Å². The number of benzene rings is 1. The maximum absolute atomic E-state index is 13.5. The van der Waals surface area contributed by atoms with E-state index in [0.29, 0.717) is 19.0 Å². The zero-order valence-corrected chi connectivity index (χ0v) is 9.49. The second kappa shape index (κ2) is 5.89. The molecule has 1 N–H and O–H groups in total. The summed E-state index contributed by atoms with van der Waals surface area (Å²) in [5, 5.41) is 3.06. The average molecular weight is 231 g/mol. The Hall–Kier alpha value is -1.03. The molecule has 1 rings (SSSR count). The first-order valence-corrected chi connectivity index (χ1v) is 5.48. The molecule has 1 unspecified atom stereocenters. The number of hydrogen-bond acceptors (Lipinski definition) is 1. The second-order valence-electron chi connectivity index (χ2n) is 3.69. The lowest BCUT2D eigenvalue weighted by Gasteiger charge is -2.18. The maximum Gasteiger partial charge on any atom is 0.161 e. The highest BCUT2D eigenvalue weighted by Gasteiger charge is 2.17. The normalized spacial score (nSPS) is 12.8. The molecule has 0 radical (unpaired) electrons. The summed E-state index contributed by atoms with van der Waals surface area (Å²) in [5.41, 5.74) is 0.197. The van der Waals surface area contributed by atoms with Crippen LogP contribution in [-0.2, 0) is 0 Å². The minimum absolute atomic E-state index is 0.197. The fraction of sp³-hybridized carbons (Fsp3) is 0.500. The van der Waals surface area contributed by atoms with E-state index in [-0.39, 0.29) is 11.6 Å². The Morgan fingerprint density at radius 2 is 1.69 bits per heavy atom. The molecule has 1 aromatic rings. The average Bonchev–Trinajstić information content (AvgIpc) is 2.23. The monoisotopic (exact) mass is 231 g/mol. The van der Waals surface area contributed by atoms with Crippen LogP contribution < -0.4 is 5.32 Å². The van der Waals surface area contributed by atoms with Gasteiger partial charge in [-0.25, -0.2) is 13.2 Å². The molecule has 1 atom stereocenters. The Morgan fingerprint density at radius 3 is 2.25 bits per heavy atom. The Kier molecular flexibility index (Phi) is 4.80. The lowest BCUT2D eigenvalue weighted by molar-refractivity contribution is 0.454. The van der Waals surface area contributed by atoms with Crippen molar-refractivity contribution in [1.82, 2.24) is 5.32 Å². The molecule has 0 aromatic heterocycles. The third-order valence-corrected chi connectivity index (χ3v) is 2.44. The largest absolute Gasteiger partial charge is 0.310 e. The van der Waals surface area contributed by atoms with Gasteiger partial charge in [0, 0.05) is 17.7 Å². The quantitative estimate of drug-likeness (QED) is 0.764. The van der Waals surface area contributed by atoms with E-state index < -0.39 is 17.5 Å². The van der Waals surface area contributed by atoms with Gasteiger partial charge in [0.2, 0.25) is 0 Å². The van der Waals surface area contributed by atoms with Crippen LogP contribution in [0.4, 0.5) is 13.2 Å². The van der Waals surface area contributed by atoms with E-state index in [9.17, 15) is 13.2 Å². The molecule has 0 aliphatic heterocycles. The van der Waals surface area contributed by atoms with Crippen molar-refractivity contribution in [1.29, 1.82) is 0 Å². The molecule has 0 saturated heterocycles. The SMILES string of the molecule is CCCC(NCC)c1cc(F)c(F)cc1F. The van der Waals surface area contributed by atoms with Crippen molar-refractivity contribution in [2.24, 2.45) is 0 Å². The van der Waals surface area contributed by atoms with Crippen molar-refractivity contribution >= 4 is 0 Å². The minimum atomic E-state index is -1.15. The maximum atomic E-state index is 13.5. The standard InChI is InChI=1S/C12H16F3N/c1-3-5-12(16-4-2)8-6-10(14)11(15)7-9(8)13/h6-7,12,16H,3-5H2,1-2H3. The molecule has 0 spiro atoms. The third-order valence-electron chi connectivity index (χ3n) is 2.44. The Bertz CT molecular complexity index is 346. The van der Waals surface area contributed by atoms with E-state index >= 15 is 0 Å². The van der Waals surface area contributed by atoms with E-state index in [0.717, 1.165) is 12.5 Å². The highest BCUT2D eigenvalue weighted by molar-refractivity contribution is 5.23. The lowest BCUT2D eigenvalue weighted by atomic mass is 10.0. The van der Waals surface area contributed by atoms with Gasteiger partial charge in [0.05, 0.1) is 0 Å². The number of hydrogen-bond donors (Lipinski definition) is 1. The van der Waals surface area contributed by atoms with Crippen LogP contribution >= 0.6 is 0 Å². The molecule has 90 valence electrons. The minimum Gasteiger partial charge on any atom is -0.310 e. The predicted octanol–water partition coefficient (Wildman–Crippen LogP) is 3.55. The summed E-state index contributed by atoms with van der Waals surface area (Å²) in [7, 11) is 0. The predicted molar refractivity (Wildman–Crippen MR) is 57.6 cm³/mol. The summed E-state index contributed by atoms with van der Waals surface area (Å²) < 4.78 is 39.3. The van der Waals surface area contributed by atoms with E-state index in [2.05, 4.69) is 5.32 Å². The first-order chi connectivity index (χ1) is 7.60. The van der Waals surface area contributed by atoms with Crippen molar-refractivity contribution in [2.75, 3.05) is 6.54 Å². The van der Waals surface area contributed by atoms with Gasteiger partial charge in [0.15, 0.2) is 11.6 Å². The van der Waals surface area contributed by atoms with Gasteiger partial charge in [-0.15, -0.1) is 0 Å². The van der Waals surface area contributed by atoms with E-state index in [1.165, 1.54) is 0 Å². The first-order valence-electron chi connectivity index (χ1n) is 5.48. The fourth-order valence-electron chi connectivity index (χ4n) is 1.71. The van der Waals surface area contributed by atoms with Gasteiger partial charge in [0.1, 0.15) is 5.82 Å². The van der Waals surface area contributed by atoms with Gasteiger partial charge in [-0.2, -0.15) is 0 Å². The molecule has 0 aliphatic carbocycles. The van der Waals surface area contributed by atoms with Crippen molar-refractivity contribution in [2.45, 2.75) is 32.7 Å². The lowest BCUT2D eigenvalue weighted by Crippen LogP contribution is -2.22. The van der Waals surface area contributed by atoms with Gasteiger partial charge < -0.3 is 5.32 Å². The molecule has 1 aromatic carbocycles. The summed E-state index contributed by atoms with van der Waals surface area (Å²) in [6, 6.07) is 1.28. The van der Waals surface area contributed by atoms with Crippen LogP contribution in [-0.4, -0.2) is 6.54 Å². The Labute approximate surface area is 93.7 Å². The molecule has 0 saturated carbocycles. The number of halogens is 3. The zero-order chi connectivity index (χ0) is 12.1. The molecule has 4 heteroatoms. The summed E-state index contributed by atoms with van der Waals surface area (Å²) in [4.78, 5) is 0. The van der Waals surface area contributed by atoms with Gasteiger partial charge in [-0.3, -0.25) is 0 Å². The molecule has 0 fully saturated rings. The van der Waals surface area contributed by atoms with Crippen molar-refractivity contribution in [3.63, 3.8) is 0 Å². The molecular weight excluding hydrogens is 215 g/mol. The second-order valence-corrected chi connectivity index (χ2v) is 3.69. The molecule has 0 aliphatic rings. The fourth-order valence-corrected chi connectivity index (χ4v) is 1.71.